The average molecular weight is 356 g/mol. The van der Waals surface area contributed by atoms with Crippen LogP contribution in [0.25, 0.3) is 6.08 Å². The van der Waals surface area contributed by atoms with Gasteiger partial charge in [0.1, 0.15) is 13.2 Å². The normalized spacial score (nSPS) is 12.7. The fourth-order valence-corrected chi connectivity index (χ4v) is 2.66. The first-order valence-electron chi connectivity index (χ1n) is 8.08. The van der Waals surface area contributed by atoms with E-state index in [0.29, 0.717) is 47.5 Å². The zero-order valence-corrected chi connectivity index (χ0v) is 14.9. The Morgan fingerprint density at radius 3 is 2.19 bits per heavy atom. The third kappa shape index (κ3) is 3.59. The first-order chi connectivity index (χ1) is 12.7. The molecule has 0 saturated heterocycles. The molecular formula is C20H20O6. The van der Waals surface area contributed by atoms with Crippen molar-refractivity contribution in [1.82, 2.24) is 0 Å². The first-order valence-corrected chi connectivity index (χ1v) is 8.08. The van der Waals surface area contributed by atoms with Crippen molar-refractivity contribution in [1.29, 1.82) is 0 Å². The van der Waals surface area contributed by atoms with E-state index in [-0.39, 0.29) is 5.78 Å². The van der Waals surface area contributed by atoms with Gasteiger partial charge in [-0.2, -0.15) is 0 Å². The van der Waals surface area contributed by atoms with Crippen LogP contribution in [0.5, 0.6) is 28.7 Å². The van der Waals surface area contributed by atoms with E-state index in [9.17, 15) is 4.79 Å². The smallest absolute Gasteiger partial charge is 0.203 e. The van der Waals surface area contributed by atoms with Gasteiger partial charge in [0, 0.05) is 5.56 Å². The van der Waals surface area contributed by atoms with E-state index in [2.05, 4.69) is 0 Å². The van der Waals surface area contributed by atoms with Gasteiger partial charge in [-0.25, -0.2) is 0 Å². The molecule has 2 aromatic rings. The van der Waals surface area contributed by atoms with Crippen molar-refractivity contribution < 1.29 is 28.5 Å². The SMILES string of the molecule is COc1cc(C(=O)/C=C/c2ccc3c(c2)OCCO3)cc(OC)c1OC. The van der Waals surface area contributed by atoms with Crippen LogP contribution in [0.4, 0.5) is 0 Å². The largest absolute Gasteiger partial charge is 0.493 e. The van der Waals surface area contributed by atoms with Crippen molar-refractivity contribution in [2.24, 2.45) is 0 Å². The van der Waals surface area contributed by atoms with Crippen LogP contribution in [0.2, 0.25) is 0 Å². The molecule has 0 radical (unpaired) electrons. The van der Waals surface area contributed by atoms with Gasteiger partial charge in [-0.3, -0.25) is 4.79 Å². The van der Waals surface area contributed by atoms with E-state index in [4.69, 9.17) is 23.7 Å². The molecule has 1 aliphatic rings. The monoisotopic (exact) mass is 356 g/mol. The number of hydrogen-bond donors (Lipinski definition) is 0. The van der Waals surface area contributed by atoms with E-state index in [1.807, 2.05) is 18.2 Å². The number of fused-ring (bicyclic) bond motifs is 1. The number of benzene rings is 2. The molecule has 3 rings (SSSR count). The van der Waals surface area contributed by atoms with Gasteiger partial charge in [0.25, 0.3) is 0 Å². The Balaban J connectivity index is 1.84. The fourth-order valence-electron chi connectivity index (χ4n) is 2.66. The number of carbonyl (C=O) groups excluding carboxylic acids is 1. The molecule has 1 heterocycles. The van der Waals surface area contributed by atoms with Gasteiger partial charge in [-0.1, -0.05) is 12.1 Å². The van der Waals surface area contributed by atoms with Crippen molar-refractivity contribution in [2.75, 3.05) is 34.5 Å². The van der Waals surface area contributed by atoms with Gasteiger partial charge in [-0.05, 0) is 35.9 Å². The highest BCUT2D eigenvalue weighted by Gasteiger charge is 2.16. The summed E-state index contributed by atoms with van der Waals surface area (Å²) in [7, 11) is 4.54. The Bertz CT molecular complexity index is 815. The van der Waals surface area contributed by atoms with E-state index in [1.54, 1.807) is 18.2 Å². The summed E-state index contributed by atoms with van der Waals surface area (Å²) < 4.78 is 26.9. The van der Waals surface area contributed by atoms with Crippen molar-refractivity contribution in [2.45, 2.75) is 0 Å². The molecule has 0 fully saturated rings. The first kappa shape index (κ1) is 17.7. The van der Waals surface area contributed by atoms with Crippen LogP contribution in [-0.4, -0.2) is 40.3 Å². The molecule has 0 unspecified atom stereocenters. The van der Waals surface area contributed by atoms with Gasteiger partial charge in [0.15, 0.2) is 28.8 Å². The summed E-state index contributed by atoms with van der Waals surface area (Å²) in [6.45, 7) is 1.06. The van der Waals surface area contributed by atoms with Crippen LogP contribution in [0.1, 0.15) is 15.9 Å². The van der Waals surface area contributed by atoms with E-state index >= 15 is 0 Å². The number of methoxy groups -OCH3 is 3. The van der Waals surface area contributed by atoms with Gasteiger partial charge in [0.2, 0.25) is 5.75 Å². The number of allylic oxidation sites excluding steroid dienone is 1. The molecule has 0 atom stereocenters. The molecule has 1 aliphatic heterocycles. The molecule has 26 heavy (non-hydrogen) atoms. The van der Waals surface area contributed by atoms with Gasteiger partial charge in [0.05, 0.1) is 21.3 Å². The van der Waals surface area contributed by atoms with Gasteiger partial charge >= 0.3 is 0 Å². The van der Waals surface area contributed by atoms with Crippen LogP contribution < -0.4 is 23.7 Å². The summed E-state index contributed by atoms with van der Waals surface area (Å²) in [6.07, 6.45) is 3.22. The van der Waals surface area contributed by atoms with Crippen LogP contribution in [-0.2, 0) is 0 Å². The second-order valence-electron chi connectivity index (χ2n) is 5.51. The molecular weight excluding hydrogens is 336 g/mol. The number of ether oxygens (including phenoxy) is 5. The Morgan fingerprint density at radius 2 is 1.58 bits per heavy atom. The Hall–Kier alpha value is -3.15. The topological polar surface area (TPSA) is 63.2 Å². The molecule has 0 N–H and O–H groups in total. The molecule has 0 saturated carbocycles. The predicted octanol–water partition coefficient (Wildman–Crippen LogP) is 3.38. The molecule has 0 spiro atoms. The summed E-state index contributed by atoms with van der Waals surface area (Å²) in [6, 6.07) is 8.79. The lowest BCUT2D eigenvalue weighted by atomic mass is 10.1. The number of rotatable bonds is 6. The Morgan fingerprint density at radius 1 is 0.923 bits per heavy atom. The number of ketones is 1. The van der Waals surface area contributed by atoms with Gasteiger partial charge < -0.3 is 23.7 Å². The second kappa shape index (κ2) is 7.82. The minimum Gasteiger partial charge on any atom is -0.493 e. The molecule has 6 heteroatoms. The Labute approximate surface area is 151 Å². The summed E-state index contributed by atoms with van der Waals surface area (Å²) in [5, 5.41) is 0. The third-order valence-electron chi connectivity index (χ3n) is 3.94. The van der Waals surface area contributed by atoms with Crippen LogP contribution in [0, 0.1) is 0 Å². The van der Waals surface area contributed by atoms with E-state index in [1.165, 1.54) is 27.4 Å². The summed E-state index contributed by atoms with van der Waals surface area (Å²) in [5.74, 6) is 2.52. The summed E-state index contributed by atoms with van der Waals surface area (Å²) in [5.41, 5.74) is 1.28. The van der Waals surface area contributed by atoms with E-state index < -0.39 is 0 Å². The van der Waals surface area contributed by atoms with Crippen molar-refractivity contribution in [3.8, 4) is 28.7 Å². The van der Waals surface area contributed by atoms with Gasteiger partial charge in [-0.15, -0.1) is 0 Å². The number of hydrogen-bond acceptors (Lipinski definition) is 6. The van der Waals surface area contributed by atoms with E-state index in [0.717, 1.165) is 5.56 Å². The molecule has 0 bridgehead atoms. The maximum Gasteiger partial charge on any atom is 0.203 e. The highest BCUT2D eigenvalue weighted by atomic mass is 16.6. The standard InChI is InChI=1S/C20H20O6/c1-22-18-11-14(12-19(23-2)20(18)24-3)15(21)6-4-13-5-7-16-17(10-13)26-9-8-25-16/h4-7,10-12H,8-9H2,1-3H3/b6-4+. The van der Waals surface area contributed by atoms with Crippen LogP contribution in [0.15, 0.2) is 36.4 Å². The molecule has 6 nitrogen and oxygen atoms in total. The highest BCUT2D eigenvalue weighted by Crippen LogP contribution is 2.38. The van der Waals surface area contributed by atoms with Crippen molar-refractivity contribution in [3.63, 3.8) is 0 Å². The second-order valence-corrected chi connectivity index (χ2v) is 5.51. The minimum absolute atomic E-state index is 0.181. The lowest BCUT2D eigenvalue weighted by Crippen LogP contribution is -2.15. The zero-order valence-electron chi connectivity index (χ0n) is 14.9. The quantitative estimate of drug-likeness (QED) is 0.584. The fraction of sp³-hybridized carbons (Fsp3) is 0.250. The molecule has 0 amide bonds. The molecule has 136 valence electrons. The zero-order chi connectivity index (χ0) is 18.5. The average Bonchev–Trinajstić information content (AvgIpc) is 2.70. The van der Waals surface area contributed by atoms with Crippen LogP contribution in [0.3, 0.4) is 0 Å². The minimum atomic E-state index is -0.181. The lowest BCUT2D eigenvalue weighted by molar-refractivity contribution is 0.104. The van der Waals surface area contributed by atoms with Crippen molar-refractivity contribution >= 4 is 11.9 Å². The lowest BCUT2D eigenvalue weighted by Gasteiger charge is -2.18. The van der Waals surface area contributed by atoms with Crippen LogP contribution >= 0.6 is 0 Å². The Kier molecular flexibility index (Phi) is 5.31. The maximum atomic E-state index is 12.5. The third-order valence-corrected chi connectivity index (χ3v) is 3.94. The molecule has 0 aromatic heterocycles. The summed E-state index contributed by atoms with van der Waals surface area (Å²) >= 11 is 0. The highest BCUT2D eigenvalue weighted by molar-refractivity contribution is 6.07. The predicted molar refractivity (Wildman–Crippen MR) is 96.9 cm³/mol. The summed E-state index contributed by atoms with van der Waals surface area (Å²) in [4.78, 5) is 12.5. The number of carbonyl (C=O) groups is 1. The molecule has 2 aromatic carbocycles. The maximum absolute atomic E-state index is 12.5. The van der Waals surface area contributed by atoms with Crippen molar-refractivity contribution in [3.05, 3.63) is 47.5 Å². The molecule has 0 aliphatic carbocycles.